The number of amides is 1. The fourth-order valence-corrected chi connectivity index (χ4v) is 3.08. The zero-order chi connectivity index (χ0) is 15.2. The third-order valence-corrected chi connectivity index (χ3v) is 4.16. The molecule has 1 aromatic rings. The van der Waals surface area contributed by atoms with Crippen molar-refractivity contribution < 1.29 is 9.90 Å². The predicted octanol–water partition coefficient (Wildman–Crippen LogP) is 3.15. The highest BCUT2D eigenvalue weighted by Gasteiger charge is 2.28. The largest absolute Gasteiger partial charge is 0.396 e. The first kappa shape index (κ1) is 16.1. The minimum absolute atomic E-state index is 0.00611. The third kappa shape index (κ3) is 3.89. The van der Waals surface area contributed by atoms with Crippen molar-refractivity contribution in [2.75, 3.05) is 25.0 Å². The molecule has 1 atom stereocenters. The summed E-state index contributed by atoms with van der Waals surface area (Å²) >= 11 is 6.06. The van der Waals surface area contributed by atoms with E-state index in [4.69, 9.17) is 11.6 Å². The second-order valence-electron chi connectivity index (χ2n) is 5.38. The first-order valence-electron chi connectivity index (χ1n) is 7.62. The number of carbonyl (C=O) groups excluding carboxylic acids is 1. The number of piperidine rings is 1. The Morgan fingerprint density at radius 3 is 3.00 bits per heavy atom. The predicted molar refractivity (Wildman–Crippen MR) is 86.0 cm³/mol. The maximum atomic E-state index is 12.9. The van der Waals surface area contributed by atoms with Crippen LogP contribution in [0.4, 0.5) is 5.69 Å². The molecule has 4 nitrogen and oxygen atoms in total. The lowest BCUT2D eigenvalue weighted by atomic mass is 9.98. The lowest BCUT2D eigenvalue weighted by molar-refractivity contribution is 0.0575. The highest BCUT2D eigenvalue weighted by Crippen LogP contribution is 2.27. The number of benzene rings is 1. The molecule has 1 aromatic carbocycles. The molecule has 1 fully saturated rings. The standard InChI is InChI=1S/C16H23ClN2O2/c1-2-18-15-7-6-12(17)11-14(15)16(21)19-9-4-3-5-13(19)8-10-20/h6-7,11,13,18,20H,2-5,8-10H2,1H3. The van der Waals surface area contributed by atoms with E-state index in [1.807, 2.05) is 17.9 Å². The van der Waals surface area contributed by atoms with Crippen LogP contribution in [0.15, 0.2) is 18.2 Å². The molecule has 0 saturated carbocycles. The second kappa shape index (κ2) is 7.66. The highest BCUT2D eigenvalue weighted by molar-refractivity contribution is 6.31. The van der Waals surface area contributed by atoms with E-state index in [0.29, 0.717) is 17.0 Å². The molecule has 2 rings (SSSR count). The monoisotopic (exact) mass is 310 g/mol. The SMILES string of the molecule is CCNc1ccc(Cl)cc1C(=O)N1CCCCC1CCO. The van der Waals surface area contributed by atoms with Crippen molar-refractivity contribution in [2.24, 2.45) is 0 Å². The van der Waals surface area contributed by atoms with Crippen LogP contribution >= 0.6 is 11.6 Å². The average molecular weight is 311 g/mol. The van der Waals surface area contributed by atoms with E-state index in [1.165, 1.54) is 0 Å². The van der Waals surface area contributed by atoms with Crippen molar-refractivity contribution in [1.82, 2.24) is 4.90 Å². The Morgan fingerprint density at radius 2 is 2.29 bits per heavy atom. The van der Waals surface area contributed by atoms with E-state index in [0.717, 1.165) is 38.0 Å². The number of nitrogens with zero attached hydrogens (tertiary/aromatic N) is 1. The molecule has 116 valence electrons. The van der Waals surface area contributed by atoms with Crippen LogP contribution in [-0.2, 0) is 0 Å². The molecule has 0 aromatic heterocycles. The third-order valence-electron chi connectivity index (χ3n) is 3.93. The minimum Gasteiger partial charge on any atom is -0.396 e. The van der Waals surface area contributed by atoms with E-state index in [1.54, 1.807) is 12.1 Å². The molecular weight excluding hydrogens is 288 g/mol. The molecule has 1 saturated heterocycles. The van der Waals surface area contributed by atoms with Gasteiger partial charge in [0.25, 0.3) is 5.91 Å². The highest BCUT2D eigenvalue weighted by atomic mass is 35.5. The molecule has 1 aliphatic heterocycles. The van der Waals surface area contributed by atoms with E-state index in [2.05, 4.69) is 5.32 Å². The summed E-state index contributed by atoms with van der Waals surface area (Å²) in [4.78, 5) is 14.8. The maximum absolute atomic E-state index is 12.9. The number of nitrogens with one attached hydrogen (secondary N) is 1. The molecule has 1 amide bonds. The maximum Gasteiger partial charge on any atom is 0.256 e. The minimum atomic E-state index is 0.00611. The van der Waals surface area contributed by atoms with Gasteiger partial charge in [0.2, 0.25) is 0 Å². The molecule has 5 heteroatoms. The van der Waals surface area contributed by atoms with Crippen molar-refractivity contribution in [1.29, 1.82) is 0 Å². The molecule has 0 spiro atoms. The summed E-state index contributed by atoms with van der Waals surface area (Å²) in [5, 5.41) is 13.0. The van der Waals surface area contributed by atoms with Crippen LogP contribution in [0.3, 0.4) is 0 Å². The zero-order valence-corrected chi connectivity index (χ0v) is 13.2. The van der Waals surface area contributed by atoms with Crippen LogP contribution in [0, 0.1) is 0 Å². The normalized spacial score (nSPS) is 18.6. The summed E-state index contributed by atoms with van der Waals surface area (Å²) in [6, 6.07) is 5.50. The van der Waals surface area contributed by atoms with E-state index in [-0.39, 0.29) is 18.6 Å². The van der Waals surface area contributed by atoms with Gasteiger partial charge in [-0.1, -0.05) is 11.6 Å². The van der Waals surface area contributed by atoms with Gasteiger partial charge >= 0.3 is 0 Å². The molecule has 1 aliphatic rings. The van der Waals surface area contributed by atoms with Gasteiger partial charge in [-0.3, -0.25) is 4.79 Å². The fourth-order valence-electron chi connectivity index (χ4n) is 2.91. The topological polar surface area (TPSA) is 52.6 Å². The Hall–Kier alpha value is -1.26. The van der Waals surface area contributed by atoms with Gasteiger partial charge in [-0.15, -0.1) is 0 Å². The van der Waals surface area contributed by atoms with Crippen LogP contribution in [-0.4, -0.2) is 41.7 Å². The number of aliphatic hydroxyl groups excluding tert-OH is 1. The number of likely N-dealkylation sites (tertiary alicyclic amines) is 1. The molecule has 21 heavy (non-hydrogen) atoms. The van der Waals surface area contributed by atoms with E-state index in [9.17, 15) is 9.90 Å². The van der Waals surface area contributed by atoms with E-state index < -0.39 is 0 Å². The number of rotatable bonds is 5. The summed E-state index contributed by atoms with van der Waals surface area (Å²) in [6.07, 6.45) is 3.74. The van der Waals surface area contributed by atoms with Gasteiger partial charge in [-0.2, -0.15) is 0 Å². The Morgan fingerprint density at radius 1 is 1.48 bits per heavy atom. The Labute approximate surface area is 131 Å². The number of hydrogen-bond acceptors (Lipinski definition) is 3. The van der Waals surface area contributed by atoms with Crippen LogP contribution in [0.1, 0.15) is 43.0 Å². The number of hydrogen-bond donors (Lipinski definition) is 2. The lowest BCUT2D eigenvalue weighted by Crippen LogP contribution is -2.44. The smallest absolute Gasteiger partial charge is 0.256 e. The molecular formula is C16H23ClN2O2. The lowest BCUT2D eigenvalue weighted by Gasteiger charge is -2.36. The fraction of sp³-hybridized carbons (Fsp3) is 0.562. The van der Waals surface area contributed by atoms with Crippen molar-refractivity contribution in [2.45, 2.75) is 38.6 Å². The average Bonchev–Trinajstić information content (AvgIpc) is 2.49. The Kier molecular flexibility index (Phi) is 5.88. The van der Waals surface area contributed by atoms with Gasteiger partial charge in [-0.05, 0) is 50.8 Å². The van der Waals surface area contributed by atoms with Crippen LogP contribution in [0.2, 0.25) is 5.02 Å². The summed E-state index contributed by atoms with van der Waals surface area (Å²) in [7, 11) is 0. The first-order valence-corrected chi connectivity index (χ1v) is 8.00. The van der Waals surface area contributed by atoms with Crippen molar-refractivity contribution >= 4 is 23.2 Å². The molecule has 0 radical (unpaired) electrons. The van der Waals surface area contributed by atoms with Crippen LogP contribution < -0.4 is 5.32 Å². The summed E-state index contributed by atoms with van der Waals surface area (Å²) in [5.41, 5.74) is 1.44. The van der Waals surface area contributed by atoms with Gasteiger partial charge in [0.05, 0.1) is 5.56 Å². The summed E-state index contributed by atoms with van der Waals surface area (Å²) < 4.78 is 0. The van der Waals surface area contributed by atoms with Gasteiger partial charge in [0.15, 0.2) is 0 Å². The van der Waals surface area contributed by atoms with Crippen molar-refractivity contribution in [3.05, 3.63) is 28.8 Å². The molecule has 1 unspecified atom stereocenters. The van der Waals surface area contributed by atoms with Crippen molar-refractivity contribution in [3.8, 4) is 0 Å². The number of carbonyl (C=O) groups is 1. The van der Waals surface area contributed by atoms with Gasteiger partial charge < -0.3 is 15.3 Å². The van der Waals surface area contributed by atoms with Gasteiger partial charge in [0.1, 0.15) is 0 Å². The van der Waals surface area contributed by atoms with Crippen LogP contribution in [0.5, 0.6) is 0 Å². The van der Waals surface area contributed by atoms with Crippen molar-refractivity contribution in [3.63, 3.8) is 0 Å². The molecule has 2 N–H and O–H groups in total. The first-order chi connectivity index (χ1) is 10.2. The summed E-state index contributed by atoms with van der Waals surface area (Å²) in [6.45, 7) is 3.62. The number of anilines is 1. The van der Waals surface area contributed by atoms with E-state index >= 15 is 0 Å². The Bertz CT molecular complexity index is 491. The molecule has 0 bridgehead atoms. The quantitative estimate of drug-likeness (QED) is 0.878. The summed E-state index contributed by atoms with van der Waals surface area (Å²) in [5.74, 6) is 0.00611. The number of halogens is 1. The van der Waals surface area contributed by atoms with Gasteiger partial charge in [0, 0.05) is 36.4 Å². The number of aliphatic hydroxyl groups is 1. The zero-order valence-electron chi connectivity index (χ0n) is 12.4. The van der Waals surface area contributed by atoms with Crippen LogP contribution in [0.25, 0.3) is 0 Å². The molecule has 0 aliphatic carbocycles. The molecule has 1 heterocycles. The second-order valence-corrected chi connectivity index (χ2v) is 5.82. The van der Waals surface area contributed by atoms with Gasteiger partial charge in [-0.25, -0.2) is 0 Å². The Balaban J connectivity index is 2.26.